The van der Waals surface area contributed by atoms with Gasteiger partial charge in [-0.2, -0.15) is 5.10 Å². The van der Waals surface area contributed by atoms with E-state index in [1.807, 2.05) is 20.9 Å². The van der Waals surface area contributed by atoms with Crippen molar-refractivity contribution in [3.8, 4) is 0 Å². The van der Waals surface area contributed by atoms with Gasteiger partial charge in [-0.15, -0.1) is 0 Å². The fraction of sp³-hybridized carbons (Fsp3) is 0.500. The first-order valence-corrected chi connectivity index (χ1v) is 3.86. The first kappa shape index (κ1) is 8.77. The van der Waals surface area contributed by atoms with Crippen LogP contribution < -0.4 is 5.73 Å². The van der Waals surface area contributed by atoms with Crippen molar-refractivity contribution in [2.75, 3.05) is 0 Å². The maximum atomic E-state index is 10.7. The molecule has 0 aliphatic heterocycles. The molecule has 0 saturated heterocycles. The van der Waals surface area contributed by atoms with E-state index in [0.717, 1.165) is 5.69 Å². The Hall–Kier alpha value is -1.32. The lowest BCUT2D eigenvalue weighted by molar-refractivity contribution is 0.0995. The molecule has 1 aromatic rings. The summed E-state index contributed by atoms with van der Waals surface area (Å²) in [5.41, 5.74) is 6.43. The minimum atomic E-state index is -0.475. The van der Waals surface area contributed by atoms with Crippen LogP contribution in [0, 0.1) is 0 Å². The average Bonchev–Trinajstić information content (AvgIpc) is 2.30. The van der Waals surface area contributed by atoms with E-state index < -0.39 is 5.91 Å². The minimum Gasteiger partial charge on any atom is -0.364 e. The van der Waals surface area contributed by atoms with E-state index in [9.17, 15) is 4.79 Å². The summed E-state index contributed by atoms with van der Waals surface area (Å²) in [6, 6.07) is 1.73. The Balaban J connectivity index is 3.09. The second-order valence-corrected chi connectivity index (χ2v) is 3.10. The summed E-state index contributed by atoms with van der Waals surface area (Å²) in [5, 5.41) is 3.97. The largest absolute Gasteiger partial charge is 0.364 e. The molecule has 2 N–H and O–H groups in total. The molecule has 0 aliphatic rings. The van der Waals surface area contributed by atoms with Crippen molar-refractivity contribution in [2.24, 2.45) is 12.8 Å². The van der Waals surface area contributed by atoms with Crippen LogP contribution in [0.3, 0.4) is 0 Å². The highest BCUT2D eigenvalue weighted by Crippen LogP contribution is 2.13. The Morgan fingerprint density at radius 1 is 1.67 bits per heavy atom. The van der Waals surface area contributed by atoms with Crippen molar-refractivity contribution in [3.05, 3.63) is 17.5 Å². The van der Waals surface area contributed by atoms with Crippen LogP contribution >= 0.6 is 0 Å². The summed E-state index contributed by atoms with van der Waals surface area (Å²) in [6.07, 6.45) is 0. The molecule has 1 rings (SSSR count). The number of nitrogens with two attached hydrogens (primary N) is 1. The molecule has 0 aromatic carbocycles. The minimum absolute atomic E-state index is 0.334. The molecule has 0 atom stereocenters. The second kappa shape index (κ2) is 2.97. The lowest BCUT2D eigenvalue weighted by Gasteiger charge is -2.02. The van der Waals surface area contributed by atoms with Gasteiger partial charge in [0.05, 0.1) is 0 Å². The van der Waals surface area contributed by atoms with Gasteiger partial charge in [-0.05, 0) is 12.0 Å². The van der Waals surface area contributed by atoms with Crippen LogP contribution in [0.15, 0.2) is 6.07 Å². The normalized spacial score (nSPS) is 10.7. The Kier molecular flexibility index (Phi) is 2.17. The summed E-state index contributed by atoms with van der Waals surface area (Å²) in [6.45, 7) is 4.09. The number of primary amides is 1. The lowest BCUT2D eigenvalue weighted by atomic mass is 10.1. The lowest BCUT2D eigenvalue weighted by Crippen LogP contribution is -2.11. The highest BCUT2D eigenvalue weighted by Gasteiger charge is 2.11. The third kappa shape index (κ3) is 1.47. The Morgan fingerprint density at radius 2 is 2.25 bits per heavy atom. The van der Waals surface area contributed by atoms with Crippen molar-refractivity contribution < 1.29 is 4.79 Å². The summed E-state index contributed by atoms with van der Waals surface area (Å²) in [5.74, 6) is -0.117. The fourth-order valence-corrected chi connectivity index (χ4v) is 1.14. The van der Waals surface area contributed by atoms with Gasteiger partial charge >= 0.3 is 0 Å². The van der Waals surface area contributed by atoms with Crippen LogP contribution in [0.25, 0.3) is 0 Å². The quantitative estimate of drug-likeness (QED) is 0.702. The zero-order valence-corrected chi connectivity index (χ0v) is 7.53. The van der Waals surface area contributed by atoms with E-state index in [4.69, 9.17) is 5.73 Å². The van der Waals surface area contributed by atoms with Gasteiger partial charge < -0.3 is 5.73 Å². The number of nitrogens with zero attached hydrogens (tertiary/aromatic N) is 2. The predicted molar refractivity (Wildman–Crippen MR) is 45.8 cm³/mol. The molecule has 4 nitrogen and oxygen atoms in total. The molecule has 1 heterocycles. The van der Waals surface area contributed by atoms with Gasteiger partial charge in [0.25, 0.3) is 5.91 Å². The number of aryl methyl sites for hydroxylation is 1. The molecule has 66 valence electrons. The van der Waals surface area contributed by atoms with E-state index in [1.54, 1.807) is 10.7 Å². The molecule has 1 aromatic heterocycles. The number of hydrogen-bond donors (Lipinski definition) is 1. The van der Waals surface area contributed by atoms with Crippen LogP contribution in [-0.4, -0.2) is 15.7 Å². The molecule has 0 bridgehead atoms. The number of carbonyl (C=O) groups is 1. The molecule has 4 heteroatoms. The summed E-state index contributed by atoms with van der Waals surface area (Å²) < 4.78 is 1.69. The molecule has 0 radical (unpaired) electrons. The van der Waals surface area contributed by atoms with Crippen molar-refractivity contribution in [2.45, 2.75) is 19.8 Å². The Labute approximate surface area is 71.4 Å². The average molecular weight is 167 g/mol. The van der Waals surface area contributed by atoms with Crippen LogP contribution in [0.1, 0.15) is 35.9 Å². The highest BCUT2D eigenvalue weighted by atomic mass is 16.1. The van der Waals surface area contributed by atoms with Gasteiger partial charge in [0, 0.05) is 12.7 Å². The zero-order valence-electron chi connectivity index (χ0n) is 7.53. The smallest absolute Gasteiger partial charge is 0.269 e. The summed E-state index contributed by atoms with van der Waals surface area (Å²) in [4.78, 5) is 10.7. The maximum Gasteiger partial charge on any atom is 0.269 e. The third-order valence-electron chi connectivity index (χ3n) is 1.76. The van der Waals surface area contributed by atoms with Crippen LogP contribution in [-0.2, 0) is 7.05 Å². The van der Waals surface area contributed by atoms with E-state index in [-0.39, 0.29) is 0 Å². The molecule has 0 fully saturated rings. The monoisotopic (exact) mass is 167 g/mol. The maximum absolute atomic E-state index is 10.7. The van der Waals surface area contributed by atoms with Gasteiger partial charge in [-0.3, -0.25) is 9.48 Å². The predicted octanol–water partition coefficient (Wildman–Crippen LogP) is 0.642. The second-order valence-electron chi connectivity index (χ2n) is 3.10. The first-order valence-electron chi connectivity index (χ1n) is 3.86. The number of carbonyl (C=O) groups excluding carboxylic acids is 1. The molecule has 0 spiro atoms. The number of aromatic nitrogens is 2. The van der Waals surface area contributed by atoms with Crippen molar-refractivity contribution >= 4 is 5.91 Å². The molecule has 12 heavy (non-hydrogen) atoms. The zero-order chi connectivity index (χ0) is 9.30. The molecule has 0 aliphatic carbocycles. The highest BCUT2D eigenvalue weighted by molar-refractivity contribution is 5.90. The number of rotatable bonds is 2. The first-order chi connectivity index (χ1) is 5.52. The topological polar surface area (TPSA) is 60.9 Å². The van der Waals surface area contributed by atoms with Crippen molar-refractivity contribution in [1.82, 2.24) is 9.78 Å². The van der Waals surface area contributed by atoms with Gasteiger partial charge in [0.1, 0.15) is 5.69 Å². The molecular weight excluding hydrogens is 154 g/mol. The van der Waals surface area contributed by atoms with E-state index in [0.29, 0.717) is 11.6 Å². The molecular formula is C8H13N3O. The van der Waals surface area contributed by atoms with Gasteiger partial charge in [-0.25, -0.2) is 0 Å². The molecule has 0 saturated carbocycles. The molecule has 0 unspecified atom stereocenters. The van der Waals surface area contributed by atoms with Crippen LogP contribution in [0.5, 0.6) is 0 Å². The van der Waals surface area contributed by atoms with E-state index >= 15 is 0 Å². The van der Waals surface area contributed by atoms with Gasteiger partial charge in [-0.1, -0.05) is 13.8 Å². The van der Waals surface area contributed by atoms with Crippen molar-refractivity contribution in [1.29, 1.82) is 0 Å². The van der Waals surface area contributed by atoms with E-state index in [1.165, 1.54) is 0 Å². The standard InChI is InChI=1S/C8H13N3O/c1-5(2)7-4-6(8(9)12)10-11(7)3/h4-5H,1-3H3,(H2,9,12). The van der Waals surface area contributed by atoms with E-state index in [2.05, 4.69) is 5.10 Å². The summed E-state index contributed by atoms with van der Waals surface area (Å²) in [7, 11) is 1.81. The third-order valence-corrected chi connectivity index (χ3v) is 1.76. The summed E-state index contributed by atoms with van der Waals surface area (Å²) >= 11 is 0. The van der Waals surface area contributed by atoms with Crippen LogP contribution in [0.4, 0.5) is 0 Å². The van der Waals surface area contributed by atoms with Gasteiger partial charge in [0.15, 0.2) is 0 Å². The number of hydrogen-bond acceptors (Lipinski definition) is 2. The Bertz CT molecular complexity index is 301. The van der Waals surface area contributed by atoms with Crippen LogP contribution in [0.2, 0.25) is 0 Å². The van der Waals surface area contributed by atoms with Crippen molar-refractivity contribution in [3.63, 3.8) is 0 Å². The SMILES string of the molecule is CC(C)c1cc(C(N)=O)nn1C. The molecule has 1 amide bonds. The fourth-order valence-electron chi connectivity index (χ4n) is 1.14. The number of amides is 1. The van der Waals surface area contributed by atoms with Gasteiger partial charge in [0.2, 0.25) is 0 Å². The Morgan fingerprint density at radius 3 is 2.50 bits per heavy atom.